The molecule has 0 rings (SSSR count). The van der Waals surface area contributed by atoms with E-state index < -0.39 is 0 Å². The first kappa shape index (κ1) is 13.7. The molecule has 82 valence electrons. The van der Waals surface area contributed by atoms with Crippen molar-refractivity contribution < 1.29 is 9.31 Å². The molecule has 0 saturated heterocycles. The van der Waals surface area contributed by atoms with E-state index in [1.807, 2.05) is 6.08 Å². The molecule has 0 aliphatic rings. The van der Waals surface area contributed by atoms with Gasteiger partial charge in [0.15, 0.2) is 0 Å². The molecule has 0 atom stereocenters. The van der Waals surface area contributed by atoms with Crippen LogP contribution in [0.5, 0.6) is 0 Å². The van der Waals surface area contributed by atoms with Crippen molar-refractivity contribution in [3.05, 3.63) is 12.7 Å². The average molecular weight is 198 g/mol. The monoisotopic (exact) mass is 198 g/mol. The highest BCUT2D eigenvalue weighted by molar-refractivity contribution is 6.44. The van der Waals surface area contributed by atoms with E-state index in [1.54, 1.807) is 0 Å². The molecule has 0 aliphatic carbocycles. The van der Waals surface area contributed by atoms with Crippen molar-refractivity contribution in [1.82, 2.24) is 0 Å². The molecule has 0 aromatic heterocycles. The SMILES string of the molecule is C=CCB(OCCCC)OCCCC. The maximum absolute atomic E-state index is 5.58. The first-order valence-electron chi connectivity index (χ1n) is 5.69. The summed E-state index contributed by atoms with van der Waals surface area (Å²) in [6.07, 6.45) is 7.16. The molecular weight excluding hydrogens is 175 g/mol. The molecule has 0 radical (unpaired) electrons. The van der Waals surface area contributed by atoms with Crippen molar-refractivity contribution in [2.45, 2.75) is 45.9 Å². The molecule has 0 aliphatic heterocycles. The zero-order valence-corrected chi connectivity index (χ0v) is 9.63. The quantitative estimate of drug-likeness (QED) is 0.304. The molecule has 0 unspecified atom stereocenters. The van der Waals surface area contributed by atoms with Crippen LogP contribution in [-0.2, 0) is 9.31 Å². The Morgan fingerprint density at radius 1 is 1.07 bits per heavy atom. The molecule has 0 spiro atoms. The summed E-state index contributed by atoms with van der Waals surface area (Å²) in [4.78, 5) is 0. The molecule has 0 fully saturated rings. The standard InChI is InChI=1S/C11H23BO2/c1-4-7-10-13-12(9-6-3)14-11-8-5-2/h6H,3-5,7-11H2,1-2H3. The van der Waals surface area contributed by atoms with Crippen LogP contribution in [0.4, 0.5) is 0 Å². The largest absolute Gasteiger partial charge is 0.460 e. The van der Waals surface area contributed by atoms with Gasteiger partial charge in [-0.3, -0.25) is 0 Å². The van der Waals surface area contributed by atoms with E-state index in [2.05, 4.69) is 20.4 Å². The minimum atomic E-state index is -0.0781. The first-order chi connectivity index (χ1) is 6.85. The number of hydrogen-bond donors (Lipinski definition) is 0. The summed E-state index contributed by atoms with van der Waals surface area (Å²) < 4.78 is 11.2. The van der Waals surface area contributed by atoms with Gasteiger partial charge in [-0.25, -0.2) is 0 Å². The Balaban J connectivity index is 3.49. The van der Waals surface area contributed by atoms with Crippen molar-refractivity contribution in [1.29, 1.82) is 0 Å². The summed E-state index contributed by atoms with van der Waals surface area (Å²) in [5.41, 5.74) is 0. The molecule has 0 saturated carbocycles. The van der Waals surface area contributed by atoms with Crippen LogP contribution in [0.3, 0.4) is 0 Å². The second kappa shape index (κ2) is 10.8. The smallest absolute Gasteiger partial charge is 0.411 e. The minimum Gasteiger partial charge on any atom is -0.411 e. The zero-order chi connectivity index (χ0) is 10.6. The highest BCUT2D eigenvalue weighted by atomic mass is 16.6. The van der Waals surface area contributed by atoms with Gasteiger partial charge in [-0.15, -0.1) is 6.58 Å². The fourth-order valence-electron chi connectivity index (χ4n) is 1.04. The molecular formula is C11H23BO2. The van der Waals surface area contributed by atoms with Crippen molar-refractivity contribution in [3.63, 3.8) is 0 Å². The molecule has 2 nitrogen and oxygen atoms in total. The lowest BCUT2D eigenvalue weighted by atomic mass is 9.84. The van der Waals surface area contributed by atoms with Gasteiger partial charge in [-0.05, 0) is 19.2 Å². The minimum absolute atomic E-state index is 0.0781. The van der Waals surface area contributed by atoms with Gasteiger partial charge in [-0.1, -0.05) is 32.8 Å². The maximum atomic E-state index is 5.58. The van der Waals surface area contributed by atoms with E-state index in [0.29, 0.717) is 0 Å². The van der Waals surface area contributed by atoms with E-state index in [-0.39, 0.29) is 7.12 Å². The Hall–Kier alpha value is -0.275. The summed E-state index contributed by atoms with van der Waals surface area (Å²) in [5.74, 6) is 0. The lowest BCUT2D eigenvalue weighted by Gasteiger charge is -2.12. The van der Waals surface area contributed by atoms with Gasteiger partial charge in [0, 0.05) is 13.2 Å². The van der Waals surface area contributed by atoms with Crippen molar-refractivity contribution >= 4 is 7.12 Å². The Morgan fingerprint density at radius 2 is 1.57 bits per heavy atom. The molecule has 0 amide bonds. The predicted molar refractivity (Wildman–Crippen MR) is 62.5 cm³/mol. The van der Waals surface area contributed by atoms with Crippen molar-refractivity contribution in [3.8, 4) is 0 Å². The topological polar surface area (TPSA) is 18.5 Å². The van der Waals surface area contributed by atoms with E-state index in [9.17, 15) is 0 Å². The summed E-state index contributed by atoms with van der Waals surface area (Å²) in [6.45, 7) is 9.60. The zero-order valence-electron chi connectivity index (χ0n) is 9.63. The first-order valence-corrected chi connectivity index (χ1v) is 5.69. The van der Waals surface area contributed by atoms with Crippen LogP contribution >= 0.6 is 0 Å². The van der Waals surface area contributed by atoms with Crippen LogP contribution in [0.15, 0.2) is 12.7 Å². The van der Waals surface area contributed by atoms with Crippen LogP contribution < -0.4 is 0 Å². The van der Waals surface area contributed by atoms with Crippen LogP contribution in [0.1, 0.15) is 39.5 Å². The van der Waals surface area contributed by atoms with E-state index in [4.69, 9.17) is 9.31 Å². The van der Waals surface area contributed by atoms with Gasteiger partial charge in [0.1, 0.15) is 0 Å². The Bertz CT molecular complexity index is 118. The van der Waals surface area contributed by atoms with Gasteiger partial charge in [0.2, 0.25) is 0 Å². The number of hydrogen-bond acceptors (Lipinski definition) is 2. The predicted octanol–water partition coefficient (Wildman–Crippen LogP) is 3.29. The third-order valence-corrected chi connectivity index (χ3v) is 1.96. The van der Waals surface area contributed by atoms with Gasteiger partial charge >= 0.3 is 7.12 Å². The lowest BCUT2D eigenvalue weighted by Crippen LogP contribution is -2.23. The number of unbranched alkanes of at least 4 members (excludes halogenated alkanes) is 2. The molecule has 0 bridgehead atoms. The summed E-state index contributed by atoms with van der Waals surface area (Å²) in [7, 11) is -0.0781. The number of rotatable bonds is 10. The fraction of sp³-hybridized carbons (Fsp3) is 0.818. The molecule has 0 aromatic carbocycles. The highest BCUT2D eigenvalue weighted by Gasteiger charge is 2.14. The summed E-state index contributed by atoms with van der Waals surface area (Å²) in [6, 6.07) is 0. The summed E-state index contributed by atoms with van der Waals surface area (Å²) in [5, 5.41) is 0. The summed E-state index contributed by atoms with van der Waals surface area (Å²) >= 11 is 0. The lowest BCUT2D eigenvalue weighted by molar-refractivity contribution is 0.194. The van der Waals surface area contributed by atoms with Crippen LogP contribution in [0, 0.1) is 0 Å². The van der Waals surface area contributed by atoms with Crippen LogP contribution in [-0.4, -0.2) is 20.3 Å². The third kappa shape index (κ3) is 8.33. The number of allylic oxidation sites excluding steroid dienone is 1. The second-order valence-electron chi connectivity index (χ2n) is 3.40. The average Bonchev–Trinajstić information content (AvgIpc) is 2.18. The van der Waals surface area contributed by atoms with Gasteiger partial charge in [0.05, 0.1) is 0 Å². The highest BCUT2D eigenvalue weighted by Crippen LogP contribution is 2.02. The second-order valence-corrected chi connectivity index (χ2v) is 3.40. The van der Waals surface area contributed by atoms with E-state index >= 15 is 0 Å². The van der Waals surface area contributed by atoms with Crippen molar-refractivity contribution in [2.24, 2.45) is 0 Å². The maximum Gasteiger partial charge on any atom is 0.460 e. The van der Waals surface area contributed by atoms with E-state index in [1.165, 1.54) is 0 Å². The Morgan fingerprint density at radius 3 is 1.93 bits per heavy atom. The molecule has 3 heteroatoms. The van der Waals surface area contributed by atoms with Crippen LogP contribution in [0.25, 0.3) is 0 Å². The Labute approximate surface area is 88.8 Å². The molecule has 0 aromatic rings. The normalized spacial score (nSPS) is 10.1. The molecule has 0 N–H and O–H groups in total. The molecule has 0 heterocycles. The third-order valence-electron chi connectivity index (χ3n) is 1.96. The van der Waals surface area contributed by atoms with Crippen molar-refractivity contribution in [2.75, 3.05) is 13.2 Å². The van der Waals surface area contributed by atoms with Crippen LogP contribution in [0.2, 0.25) is 6.32 Å². The fourth-order valence-corrected chi connectivity index (χ4v) is 1.04. The Kier molecular flexibility index (Phi) is 10.6. The van der Waals surface area contributed by atoms with E-state index in [0.717, 1.165) is 45.2 Å². The van der Waals surface area contributed by atoms with Gasteiger partial charge in [-0.2, -0.15) is 0 Å². The van der Waals surface area contributed by atoms with Gasteiger partial charge in [0.25, 0.3) is 0 Å². The molecule has 14 heavy (non-hydrogen) atoms. The van der Waals surface area contributed by atoms with Gasteiger partial charge < -0.3 is 9.31 Å².